The molecule has 0 saturated heterocycles. The molecule has 2 rings (SSSR count). The minimum absolute atomic E-state index is 0.0404. The lowest BCUT2D eigenvalue weighted by Crippen LogP contribution is -2.30. The first-order chi connectivity index (χ1) is 8.31. The minimum Gasteiger partial charge on any atom is -0.271 e. The average molecular weight is 228 g/mol. The van der Waals surface area contributed by atoms with Gasteiger partial charge < -0.3 is 0 Å². The van der Waals surface area contributed by atoms with E-state index in [1.165, 1.54) is 5.56 Å². The van der Waals surface area contributed by atoms with E-state index >= 15 is 0 Å². The molecule has 0 aliphatic heterocycles. The molecule has 0 aromatic carbocycles. The Kier molecular flexibility index (Phi) is 3.80. The van der Waals surface area contributed by atoms with Gasteiger partial charge in [-0.1, -0.05) is 6.07 Å². The standard InChI is InChI=1S/C13H16N4/c1-10-5-7-15-9-12(10)13(17-14)8-11-4-2-3-6-16-11/h2-7,9,13,17H,8,14H2,1H3. The van der Waals surface area contributed by atoms with Gasteiger partial charge in [0.1, 0.15) is 0 Å². The highest BCUT2D eigenvalue weighted by atomic mass is 15.2. The van der Waals surface area contributed by atoms with Crippen LogP contribution in [-0.2, 0) is 6.42 Å². The number of nitrogens with zero attached hydrogens (tertiary/aromatic N) is 2. The Bertz CT molecular complexity index is 470. The summed E-state index contributed by atoms with van der Waals surface area (Å²) in [4.78, 5) is 8.45. The first-order valence-corrected chi connectivity index (χ1v) is 5.58. The van der Waals surface area contributed by atoms with Gasteiger partial charge in [-0.05, 0) is 36.2 Å². The summed E-state index contributed by atoms with van der Waals surface area (Å²) in [6.45, 7) is 2.06. The van der Waals surface area contributed by atoms with E-state index in [4.69, 9.17) is 5.84 Å². The normalized spacial score (nSPS) is 12.4. The van der Waals surface area contributed by atoms with Crippen molar-refractivity contribution in [3.63, 3.8) is 0 Å². The van der Waals surface area contributed by atoms with E-state index in [-0.39, 0.29) is 6.04 Å². The maximum Gasteiger partial charge on any atom is 0.0533 e. The summed E-state index contributed by atoms with van der Waals surface area (Å²) in [6.07, 6.45) is 6.18. The fraction of sp³-hybridized carbons (Fsp3) is 0.231. The molecule has 0 aliphatic carbocycles. The van der Waals surface area contributed by atoms with Crippen LogP contribution in [0.2, 0.25) is 0 Å². The molecular formula is C13H16N4. The molecule has 4 heteroatoms. The van der Waals surface area contributed by atoms with Gasteiger partial charge in [-0.25, -0.2) is 0 Å². The van der Waals surface area contributed by atoms with Crippen molar-refractivity contribution in [1.82, 2.24) is 15.4 Å². The van der Waals surface area contributed by atoms with Gasteiger partial charge in [0.2, 0.25) is 0 Å². The van der Waals surface area contributed by atoms with Gasteiger partial charge in [0, 0.05) is 30.7 Å². The zero-order chi connectivity index (χ0) is 12.1. The van der Waals surface area contributed by atoms with Gasteiger partial charge in [-0.3, -0.25) is 21.2 Å². The van der Waals surface area contributed by atoms with Crippen molar-refractivity contribution in [2.45, 2.75) is 19.4 Å². The number of aromatic nitrogens is 2. The summed E-state index contributed by atoms with van der Waals surface area (Å²) < 4.78 is 0. The highest BCUT2D eigenvalue weighted by Crippen LogP contribution is 2.18. The molecule has 2 aromatic heterocycles. The number of aryl methyl sites for hydroxylation is 1. The van der Waals surface area contributed by atoms with Crippen molar-refractivity contribution < 1.29 is 0 Å². The number of nitrogens with two attached hydrogens (primary N) is 1. The van der Waals surface area contributed by atoms with E-state index in [1.807, 2.05) is 30.5 Å². The monoisotopic (exact) mass is 228 g/mol. The van der Waals surface area contributed by atoms with E-state index in [2.05, 4.69) is 22.3 Å². The van der Waals surface area contributed by atoms with Crippen LogP contribution in [-0.4, -0.2) is 9.97 Å². The van der Waals surface area contributed by atoms with Crippen molar-refractivity contribution in [3.8, 4) is 0 Å². The lowest BCUT2D eigenvalue weighted by Gasteiger charge is -2.17. The Labute approximate surface area is 101 Å². The molecule has 3 N–H and O–H groups in total. The maximum atomic E-state index is 5.62. The summed E-state index contributed by atoms with van der Waals surface area (Å²) in [5, 5.41) is 0. The highest BCUT2D eigenvalue weighted by molar-refractivity contribution is 5.26. The van der Waals surface area contributed by atoms with Gasteiger partial charge in [-0.2, -0.15) is 0 Å². The molecule has 0 radical (unpaired) electrons. The van der Waals surface area contributed by atoms with Crippen molar-refractivity contribution in [2.75, 3.05) is 0 Å². The molecule has 0 saturated carbocycles. The van der Waals surface area contributed by atoms with Gasteiger partial charge in [0.25, 0.3) is 0 Å². The van der Waals surface area contributed by atoms with Crippen LogP contribution in [0.15, 0.2) is 42.9 Å². The minimum atomic E-state index is 0.0404. The molecule has 0 spiro atoms. The van der Waals surface area contributed by atoms with Crippen LogP contribution >= 0.6 is 0 Å². The first kappa shape index (κ1) is 11.7. The molecule has 1 atom stereocenters. The topological polar surface area (TPSA) is 63.8 Å². The molecule has 2 aromatic rings. The van der Waals surface area contributed by atoms with E-state index in [0.717, 1.165) is 17.7 Å². The van der Waals surface area contributed by atoms with Crippen LogP contribution < -0.4 is 11.3 Å². The third-order valence-corrected chi connectivity index (χ3v) is 2.80. The molecule has 17 heavy (non-hydrogen) atoms. The SMILES string of the molecule is Cc1ccncc1C(Cc1ccccn1)NN. The van der Waals surface area contributed by atoms with Gasteiger partial charge >= 0.3 is 0 Å². The summed E-state index contributed by atoms with van der Waals surface area (Å²) in [5.41, 5.74) is 6.13. The van der Waals surface area contributed by atoms with Crippen LogP contribution in [0.4, 0.5) is 0 Å². The van der Waals surface area contributed by atoms with Crippen molar-refractivity contribution in [2.24, 2.45) is 5.84 Å². The zero-order valence-electron chi connectivity index (χ0n) is 9.80. The summed E-state index contributed by atoms with van der Waals surface area (Å²) in [7, 11) is 0. The zero-order valence-corrected chi connectivity index (χ0v) is 9.80. The van der Waals surface area contributed by atoms with Crippen molar-refractivity contribution >= 4 is 0 Å². The first-order valence-electron chi connectivity index (χ1n) is 5.58. The maximum absolute atomic E-state index is 5.62. The van der Waals surface area contributed by atoms with Gasteiger partial charge in [0.05, 0.1) is 6.04 Å². The molecule has 0 amide bonds. The van der Waals surface area contributed by atoms with Crippen molar-refractivity contribution in [1.29, 1.82) is 0 Å². The summed E-state index contributed by atoms with van der Waals surface area (Å²) >= 11 is 0. The van der Waals surface area contributed by atoms with E-state index in [1.54, 1.807) is 12.4 Å². The van der Waals surface area contributed by atoms with Gasteiger partial charge in [-0.15, -0.1) is 0 Å². The summed E-state index contributed by atoms with van der Waals surface area (Å²) in [6, 6.07) is 7.91. The molecule has 0 aliphatic rings. The molecule has 4 nitrogen and oxygen atoms in total. The number of pyridine rings is 2. The number of hydrazine groups is 1. The second-order valence-electron chi connectivity index (χ2n) is 3.98. The summed E-state index contributed by atoms with van der Waals surface area (Å²) in [5.74, 6) is 5.62. The Hall–Kier alpha value is -1.78. The molecule has 1 unspecified atom stereocenters. The quantitative estimate of drug-likeness (QED) is 0.615. The number of nitrogens with one attached hydrogen (secondary N) is 1. The third-order valence-electron chi connectivity index (χ3n) is 2.80. The van der Waals surface area contributed by atoms with E-state index < -0.39 is 0 Å². The van der Waals surface area contributed by atoms with Crippen LogP contribution in [0.25, 0.3) is 0 Å². The second kappa shape index (κ2) is 5.52. The smallest absolute Gasteiger partial charge is 0.0533 e. The van der Waals surface area contributed by atoms with Crippen LogP contribution in [0.5, 0.6) is 0 Å². The van der Waals surface area contributed by atoms with Crippen molar-refractivity contribution in [3.05, 3.63) is 59.7 Å². The largest absolute Gasteiger partial charge is 0.271 e. The van der Waals surface area contributed by atoms with Crippen LogP contribution in [0.3, 0.4) is 0 Å². The Morgan fingerprint density at radius 2 is 2.18 bits per heavy atom. The Morgan fingerprint density at radius 1 is 1.29 bits per heavy atom. The Morgan fingerprint density at radius 3 is 2.82 bits per heavy atom. The number of rotatable bonds is 4. The van der Waals surface area contributed by atoms with E-state index in [0.29, 0.717) is 0 Å². The highest BCUT2D eigenvalue weighted by Gasteiger charge is 2.13. The molecule has 0 bridgehead atoms. The average Bonchev–Trinajstić information content (AvgIpc) is 2.38. The predicted octanol–water partition coefficient (Wildman–Crippen LogP) is 1.53. The van der Waals surface area contributed by atoms with Crippen LogP contribution in [0.1, 0.15) is 22.9 Å². The van der Waals surface area contributed by atoms with E-state index in [9.17, 15) is 0 Å². The molecule has 2 heterocycles. The second-order valence-corrected chi connectivity index (χ2v) is 3.98. The van der Waals surface area contributed by atoms with Gasteiger partial charge in [0.15, 0.2) is 0 Å². The lowest BCUT2D eigenvalue weighted by molar-refractivity contribution is 0.542. The predicted molar refractivity (Wildman–Crippen MR) is 67.0 cm³/mol. The molecule has 88 valence electrons. The molecule has 0 fully saturated rings. The fourth-order valence-electron chi connectivity index (χ4n) is 1.83. The Balaban J connectivity index is 2.21. The fourth-order valence-corrected chi connectivity index (χ4v) is 1.83. The van der Waals surface area contributed by atoms with Crippen LogP contribution in [0, 0.1) is 6.92 Å². The third kappa shape index (κ3) is 2.87. The number of hydrogen-bond donors (Lipinski definition) is 2. The number of hydrogen-bond acceptors (Lipinski definition) is 4. The lowest BCUT2D eigenvalue weighted by atomic mass is 10.00. The molecular weight excluding hydrogens is 212 g/mol.